The third-order valence-electron chi connectivity index (χ3n) is 3.46. The van der Waals surface area contributed by atoms with Gasteiger partial charge in [-0.25, -0.2) is 0 Å². The monoisotopic (exact) mass is 376 g/mol. The van der Waals surface area contributed by atoms with Crippen LogP contribution < -0.4 is 5.32 Å². The summed E-state index contributed by atoms with van der Waals surface area (Å²) in [7, 11) is 1.85. The van der Waals surface area contributed by atoms with Crippen LogP contribution in [0.25, 0.3) is 11.4 Å². The summed E-state index contributed by atoms with van der Waals surface area (Å²) in [6, 6.07) is 7.00. The summed E-state index contributed by atoms with van der Waals surface area (Å²) in [6.45, 7) is 2.72. The van der Waals surface area contributed by atoms with Gasteiger partial charge in [-0.15, -0.1) is 10.2 Å². The van der Waals surface area contributed by atoms with Crippen LogP contribution in [0, 0.1) is 0 Å². The second-order valence-corrected chi connectivity index (χ2v) is 6.68. The zero-order valence-electron chi connectivity index (χ0n) is 13.8. The van der Waals surface area contributed by atoms with Crippen LogP contribution in [0.15, 0.2) is 41.8 Å². The number of nitrogens with one attached hydrogen (secondary N) is 1. The van der Waals surface area contributed by atoms with E-state index in [1.807, 2.05) is 24.7 Å². The maximum atomic E-state index is 12.1. The number of nitrogens with zero attached hydrogens (tertiary/aromatic N) is 5. The third-order valence-corrected chi connectivity index (χ3v) is 4.68. The molecule has 2 aromatic heterocycles. The van der Waals surface area contributed by atoms with E-state index >= 15 is 0 Å². The van der Waals surface area contributed by atoms with E-state index in [0.29, 0.717) is 22.4 Å². The largest absolute Gasteiger partial charge is 0.325 e. The Morgan fingerprint density at radius 2 is 2.04 bits per heavy atom. The molecule has 0 spiro atoms. The number of halogens is 1. The van der Waals surface area contributed by atoms with Gasteiger partial charge in [0.2, 0.25) is 5.91 Å². The molecule has 3 rings (SSSR count). The van der Waals surface area contributed by atoms with Crippen molar-refractivity contribution in [3.05, 3.63) is 41.7 Å². The fraction of sp³-hybridized carbons (Fsp3) is 0.250. The molecule has 0 saturated carbocycles. The Kier molecular flexibility index (Phi) is 5.40. The van der Waals surface area contributed by atoms with Crippen molar-refractivity contribution in [1.82, 2.24) is 24.5 Å². The summed E-state index contributed by atoms with van der Waals surface area (Å²) >= 11 is 7.18. The van der Waals surface area contributed by atoms with Crippen LogP contribution in [-0.4, -0.2) is 36.2 Å². The summed E-state index contributed by atoms with van der Waals surface area (Å²) < 4.78 is 3.69. The Hall–Kier alpha value is -2.32. The average molecular weight is 377 g/mol. The van der Waals surface area contributed by atoms with Crippen LogP contribution in [0.5, 0.6) is 0 Å². The van der Waals surface area contributed by atoms with Crippen LogP contribution in [0.3, 0.4) is 0 Å². The number of carbonyl (C=O) groups is 1. The number of thioether (sulfide) groups is 1. The molecule has 0 aliphatic carbocycles. The second-order valence-electron chi connectivity index (χ2n) is 5.30. The summed E-state index contributed by atoms with van der Waals surface area (Å²) in [5.74, 6) is 0.880. The lowest BCUT2D eigenvalue weighted by Crippen LogP contribution is -2.14. The minimum Gasteiger partial charge on any atom is -0.325 e. The lowest BCUT2D eigenvalue weighted by atomic mass is 10.3. The molecule has 0 bridgehead atoms. The molecule has 0 atom stereocenters. The average Bonchev–Trinajstić information content (AvgIpc) is 3.20. The smallest absolute Gasteiger partial charge is 0.234 e. The predicted octanol–water partition coefficient (Wildman–Crippen LogP) is 3.08. The second kappa shape index (κ2) is 7.71. The standard InChI is InChI=1S/C16H17ClN6OS/c1-3-23-15(11-8-18-22(2)9-11)20-21-16(23)25-10-14(24)19-13-6-4-12(17)5-7-13/h4-9H,3,10H2,1-2H3,(H,19,24). The van der Waals surface area contributed by atoms with E-state index in [9.17, 15) is 4.79 Å². The highest BCUT2D eigenvalue weighted by atomic mass is 35.5. The molecule has 9 heteroatoms. The van der Waals surface area contributed by atoms with Crippen LogP contribution in [0.1, 0.15) is 6.92 Å². The van der Waals surface area contributed by atoms with Crippen molar-refractivity contribution < 1.29 is 4.79 Å². The molecule has 1 N–H and O–H groups in total. The number of hydrogen-bond acceptors (Lipinski definition) is 5. The van der Waals surface area contributed by atoms with Gasteiger partial charge in [0.15, 0.2) is 11.0 Å². The maximum Gasteiger partial charge on any atom is 0.234 e. The normalized spacial score (nSPS) is 10.8. The zero-order valence-corrected chi connectivity index (χ0v) is 15.4. The fourth-order valence-corrected chi connectivity index (χ4v) is 3.22. The molecule has 0 radical (unpaired) electrons. The predicted molar refractivity (Wildman–Crippen MR) is 98.7 cm³/mol. The number of amides is 1. The molecule has 130 valence electrons. The molecule has 0 saturated heterocycles. The number of aryl methyl sites for hydroxylation is 1. The van der Waals surface area contributed by atoms with Gasteiger partial charge in [0.1, 0.15) is 0 Å². The SMILES string of the molecule is CCn1c(SCC(=O)Nc2ccc(Cl)cc2)nnc1-c1cnn(C)c1. The summed E-state index contributed by atoms with van der Waals surface area (Å²) in [4.78, 5) is 12.1. The molecule has 0 aliphatic rings. The van der Waals surface area contributed by atoms with Crippen molar-refractivity contribution >= 4 is 35.0 Å². The Bertz CT molecular complexity index is 873. The van der Waals surface area contributed by atoms with Crippen LogP contribution in [-0.2, 0) is 18.4 Å². The molecule has 2 heterocycles. The Labute approximate surface area is 154 Å². The number of rotatable bonds is 6. The first-order valence-corrected chi connectivity index (χ1v) is 9.03. The van der Waals surface area contributed by atoms with E-state index in [-0.39, 0.29) is 11.7 Å². The van der Waals surface area contributed by atoms with Crippen LogP contribution in [0.2, 0.25) is 5.02 Å². The van der Waals surface area contributed by atoms with Gasteiger partial charge in [0.05, 0.1) is 17.5 Å². The highest BCUT2D eigenvalue weighted by Crippen LogP contribution is 2.23. The topological polar surface area (TPSA) is 77.6 Å². The Morgan fingerprint density at radius 1 is 1.28 bits per heavy atom. The van der Waals surface area contributed by atoms with Gasteiger partial charge in [-0.3, -0.25) is 9.48 Å². The molecule has 7 nitrogen and oxygen atoms in total. The van der Waals surface area contributed by atoms with Crippen LogP contribution in [0.4, 0.5) is 5.69 Å². The van der Waals surface area contributed by atoms with Gasteiger partial charge < -0.3 is 9.88 Å². The first-order chi connectivity index (χ1) is 12.1. The highest BCUT2D eigenvalue weighted by Gasteiger charge is 2.15. The quantitative estimate of drug-likeness (QED) is 0.669. The van der Waals surface area contributed by atoms with Gasteiger partial charge in [0.25, 0.3) is 0 Å². The van der Waals surface area contributed by atoms with E-state index in [1.54, 1.807) is 35.1 Å². The summed E-state index contributed by atoms with van der Waals surface area (Å²) in [5.41, 5.74) is 1.61. The van der Waals surface area contributed by atoms with Gasteiger partial charge in [0, 0.05) is 30.5 Å². The molecule has 25 heavy (non-hydrogen) atoms. The molecule has 0 unspecified atom stereocenters. The van der Waals surface area contributed by atoms with Gasteiger partial charge >= 0.3 is 0 Å². The molecular weight excluding hydrogens is 360 g/mol. The summed E-state index contributed by atoms with van der Waals surface area (Å²) in [5, 5.41) is 16.8. The zero-order chi connectivity index (χ0) is 17.8. The maximum absolute atomic E-state index is 12.1. The molecule has 3 aromatic rings. The molecule has 0 aliphatic heterocycles. The van der Waals surface area contributed by atoms with Crippen LogP contribution >= 0.6 is 23.4 Å². The third kappa shape index (κ3) is 4.21. The first kappa shape index (κ1) is 17.5. The minimum absolute atomic E-state index is 0.110. The van der Waals surface area contributed by atoms with Crippen molar-refractivity contribution in [2.24, 2.45) is 7.05 Å². The molecule has 1 amide bonds. The molecular formula is C16H17ClN6OS. The lowest BCUT2D eigenvalue weighted by Gasteiger charge is -2.07. The van der Waals surface area contributed by atoms with E-state index in [4.69, 9.17) is 11.6 Å². The number of anilines is 1. The van der Waals surface area contributed by atoms with Crippen molar-refractivity contribution in [3.8, 4) is 11.4 Å². The number of hydrogen-bond donors (Lipinski definition) is 1. The summed E-state index contributed by atoms with van der Waals surface area (Å²) in [6.07, 6.45) is 3.63. The van der Waals surface area contributed by atoms with Crippen molar-refractivity contribution in [2.45, 2.75) is 18.6 Å². The van der Waals surface area contributed by atoms with Gasteiger partial charge in [-0.1, -0.05) is 23.4 Å². The highest BCUT2D eigenvalue weighted by molar-refractivity contribution is 7.99. The van der Waals surface area contributed by atoms with Crippen molar-refractivity contribution in [3.63, 3.8) is 0 Å². The van der Waals surface area contributed by atoms with Gasteiger partial charge in [-0.05, 0) is 31.2 Å². The van der Waals surface area contributed by atoms with E-state index < -0.39 is 0 Å². The Morgan fingerprint density at radius 3 is 2.68 bits per heavy atom. The van der Waals surface area contributed by atoms with Gasteiger partial charge in [-0.2, -0.15) is 5.10 Å². The van der Waals surface area contributed by atoms with Crippen molar-refractivity contribution in [1.29, 1.82) is 0 Å². The minimum atomic E-state index is -0.110. The number of benzene rings is 1. The van der Waals surface area contributed by atoms with E-state index in [0.717, 1.165) is 11.4 Å². The van der Waals surface area contributed by atoms with E-state index in [2.05, 4.69) is 20.6 Å². The fourth-order valence-electron chi connectivity index (χ4n) is 2.29. The molecule has 1 aromatic carbocycles. The van der Waals surface area contributed by atoms with E-state index in [1.165, 1.54) is 11.8 Å². The number of carbonyl (C=O) groups excluding carboxylic acids is 1. The lowest BCUT2D eigenvalue weighted by molar-refractivity contribution is -0.113. The Balaban J connectivity index is 1.66. The number of aromatic nitrogens is 5. The van der Waals surface area contributed by atoms with Crippen molar-refractivity contribution in [2.75, 3.05) is 11.1 Å². The first-order valence-electron chi connectivity index (χ1n) is 7.67. The molecule has 0 fully saturated rings.